The Morgan fingerprint density at radius 3 is 2.35 bits per heavy atom. The highest BCUT2D eigenvalue weighted by Gasteiger charge is 2.03. The maximum absolute atomic E-state index is 11.3. The molecule has 0 aliphatic rings. The summed E-state index contributed by atoms with van der Waals surface area (Å²) in [6.45, 7) is 9.12. The first-order valence-electron chi connectivity index (χ1n) is 6.31. The van der Waals surface area contributed by atoms with Crippen molar-refractivity contribution in [3.05, 3.63) is 78.9 Å². The van der Waals surface area contributed by atoms with Crippen LogP contribution in [0, 0.1) is 0 Å². The predicted octanol–water partition coefficient (Wildman–Crippen LogP) is 4.88. The molecule has 0 saturated carbocycles. The average molecular weight is 264 g/mol. The normalized spacial score (nSPS) is 9.85. The highest BCUT2D eigenvalue weighted by molar-refractivity contribution is 5.94. The zero-order valence-corrected chi connectivity index (χ0v) is 11.4. The first-order chi connectivity index (χ1) is 9.60. The standard InChI is InChI=1S/C18H16O2/c1-4-13(2)15-8-10-17(11-9-15)20-18-7-5-6-16(12-18)14(3)19/h4-12H,1-2H2,3H3. The van der Waals surface area contributed by atoms with Gasteiger partial charge < -0.3 is 4.74 Å². The fraction of sp³-hybridized carbons (Fsp3) is 0.0556. The number of carbonyl (C=O) groups is 1. The molecule has 20 heavy (non-hydrogen) atoms. The van der Waals surface area contributed by atoms with Gasteiger partial charge in [-0.2, -0.15) is 0 Å². The number of allylic oxidation sites excluding steroid dienone is 2. The Morgan fingerprint density at radius 2 is 1.75 bits per heavy atom. The van der Waals surface area contributed by atoms with E-state index < -0.39 is 0 Å². The number of carbonyl (C=O) groups excluding carboxylic acids is 1. The third kappa shape index (κ3) is 3.23. The minimum atomic E-state index is 0.0214. The molecule has 0 amide bonds. The second-order valence-electron chi connectivity index (χ2n) is 4.44. The molecule has 0 unspecified atom stereocenters. The van der Waals surface area contributed by atoms with E-state index in [-0.39, 0.29) is 5.78 Å². The van der Waals surface area contributed by atoms with Crippen molar-refractivity contribution in [3.8, 4) is 11.5 Å². The molecule has 0 aromatic heterocycles. The van der Waals surface area contributed by atoms with Gasteiger partial charge in [0.15, 0.2) is 5.78 Å². The minimum Gasteiger partial charge on any atom is -0.457 e. The van der Waals surface area contributed by atoms with Gasteiger partial charge in [0.2, 0.25) is 0 Å². The van der Waals surface area contributed by atoms with Gasteiger partial charge in [-0.05, 0) is 42.3 Å². The maximum atomic E-state index is 11.3. The van der Waals surface area contributed by atoms with Crippen molar-refractivity contribution in [2.24, 2.45) is 0 Å². The van der Waals surface area contributed by atoms with Gasteiger partial charge in [0.1, 0.15) is 11.5 Å². The van der Waals surface area contributed by atoms with Crippen LogP contribution in [0.2, 0.25) is 0 Å². The van der Waals surface area contributed by atoms with E-state index in [1.54, 1.807) is 24.3 Å². The van der Waals surface area contributed by atoms with Crippen molar-refractivity contribution in [2.45, 2.75) is 6.92 Å². The number of benzene rings is 2. The molecule has 0 heterocycles. The van der Waals surface area contributed by atoms with Crippen LogP contribution in [0.3, 0.4) is 0 Å². The van der Waals surface area contributed by atoms with E-state index >= 15 is 0 Å². The molecule has 0 aliphatic heterocycles. The van der Waals surface area contributed by atoms with Crippen LogP contribution < -0.4 is 4.74 Å². The summed E-state index contributed by atoms with van der Waals surface area (Å²) < 4.78 is 5.73. The molecule has 2 rings (SSSR count). The molecule has 0 spiro atoms. The van der Waals surface area contributed by atoms with Gasteiger partial charge in [-0.25, -0.2) is 0 Å². The maximum Gasteiger partial charge on any atom is 0.159 e. The van der Waals surface area contributed by atoms with E-state index in [2.05, 4.69) is 13.2 Å². The van der Waals surface area contributed by atoms with E-state index in [4.69, 9.17) is 4.74 Å². The van der Waals surface area contributed by atoms with Crippen LogP contribution in [0.5, 0.6) is 11.5 Å². The second kappa shape index (κ2) is 6.02. The van der Waals surface area contributed by atoms with Crippen molar-refractivity contribution < 1.29 is 9.53 Å². The number of Topliss-reactive ketones (excluding diaryl/α,β-unsaturated/α-hetero) is 1. The van der Waals surface area contributed by atoms with Gasteiger partial charge in [-0.15, -0.1) is 0 Å². The summed E-state index contributed by atoms with van der Waals surface area (Å²) in [7, 11) is 0. The fourth-order valence-electron chi connectivity index (χ4n) is 1.77. The first-order valence-corrected chi connectivity index (χ1v) is 6.31. The molecule has 2 heteroatoms. The van der Waals surface area contributed by atoms with E-state index in [9.17, 15) is 4.79 Å². The van der Waals surface area contributed by atoms with Crippen molar-refractivity contribution >= 4 is 11.4 Å². The molecule has 0 bridgehead atoms. The lowest BCUT2D eigenvalue weighted by Crippen LogP contribution is -1.92. The Hall–Kier alpha value is -2.61. The Balaban J connectivity index is 2.18. The van der Waals surface area contributed by atoms with Crippen molar-refractivity contribution in [3.63, 3.8) is 0 Å². The first kappa shape index (κ1) is 13.8. The predicted molar refractivity (Wildman–Crippen MR) is 82.2 cm³/mol. The molecule has 100 valence electrons. The Kier molecular flexibility index (Phi) is 4.16. The topological polar surface area (TPSA) is 26.3 Å². The van der Waals surface area contributed by atoms with Crippen LogP contribution in [-0.2, 0) is 0 Å². The number of ether oxygens (including phenoxy) is 1. The van der Waals surface area contributed by atoms with E-state index in [1.807, 2.05) is 30.3 Å². The van der Waals surface area contributed by atoms with Crippen LogP contribution in [0.15, 0.2) is 67.8 Å². The van der Waals surface area contributed by atoms with Gasteiger partial charge in [0, 0.05) is 5.56 Å². The smallest absolute Gasteiger partial charge is 0.159 e. The lowest BCUT2D eigenvalue weighted by Gasteiger charge is -2.08. The zero-order valence-electron chi connectivity index (χ0n) is 11.4. The minimum absolute atomic E-state index is 0.0214. The quantitative estimate of drug-likeness (QED) is 0.568. The average Bonchev–Trinajstić information content (AvgIpc) is 2.47. The number of hydrogen-bond donors (Lipinski definition) is 0. The molecule has 2 aromatic rings. The summed E-state index contributed by atoms with van der Waals surface area (Å²) in [5.41, 5.74) is 2.51. The van der Waals surface area contributed by atoms with E-state index in [0.29, 0.717) is 17.1 Å². The summed E-state index contributed by atoms with van der Waals surface area (Å²) >= 11 is 0. The number of hydrogen-bond acceptors (Lipinski definition) is 2. The summed E-state index contributed by atoms with van der Waals surface area (Å²) in [6.07, 6.45) is 1.71. The van der Waals surface area contributed by atoms with Gasteiger partial charge >= 0.3 is 0 Å². The number of rotatable bonds is 5. The van der Waals surface area contributed by atoms with Gasteiger partial charge in [0.05, 0.1) is 0 Å². The molecule has 0 radical (unpaired) electrons. The Bertz CT molecular complexity index is 651. The SMILES string of the molecule is C=CC(=C)c1ccc(Oc2cccc(C(C)=O)c2)cc1. The zero-order chi connectivity index (χ0) is 14.5. The van der Waals surface area contributed by atoms with Crippen molar-refractivity contribution in [1.82, 2.24) is 0 Å². The lowest BCUT2D eigenvalue weighted by atomic mass is 10.1. The van der Waals surface area contributed by atoms with Crippen LogP contribution in [0.25, 0.3) is 5.57 Å². The Morgan fingerprint density at radius 1 is 1.05 bits per heavy atom. The summed E-state index contributed by atoms with van der Waals surface area (Å²) in [4.78, 5) is 11.3. The van der Waals surface area contributed by atoms with E-state index in [1.165, 1.54) is 6.92 Å². The molecular weight excluding hydrogens is 248 g/mol. The summed E-state index contributed by atoms with van der Waals surface area (Å²) in [5, 5.41) is 0. The second-order valence-corrected chi connectivity index (χ2v) is 4.44. The van der Waals surface area contributed by atoms with E-state index in [0.717, 1.165) is 11.1 Å². The molecule has 0 N–H and O–H groups in total. The number of ketones is 1. The van der Waals surface area contributed by atoms with Gasteiger partial charge in [-0.3, -0.25) is 4.79 Å². The largest absolute Gasteiger partial charge is 0.457 e. The summed E-state index contributed by atoms with van der Waals surface area (Å²) in [5.74, 6) is 1.38. The van der Waals surface area contributed by atoms with Crippen LogP contribution >= 0.6 is 0 Å². The third-order valence-corrected chi connectivity index (χ3v) is 2.95. The summed E-state index contributed by atoms with van der Waals surface area (Å²) in [6, 6.07) is 14.7. The molecular formula is C18H16O2. The van der Waals surface area contributed by atoms with Crippen LogP contribution in [0.4, 0.5) is 0 Å². The van der Waals surface area contributed by atoms with Crippen molar-refractivity contribution in [2.75, 3.05) is 0 Å². The monoisotopic (exact) mass is 264 g/mol. The molecule has 2 nitrogen and oxygen atoms in total. The van der Waals surface area contributed by atoms with Crippen LogP contribution in [0.1, 0.15) is 22.8 Å². The Labute approximate surface area is 119 Å². The molecule has 0 aliphatic carbocycles. The fourth-order valence-corrected chi connectivity index (χ4v) is 1.77. The van der Waals surface area contributed by atoms with Crippen LogP contribution in [-0.4, -0.2) is 5.78 Å². The molecule has 0 saturated heterocycles. The highest BCUT2D eigenvalue weighted by atomic mass is 16.5. The highest BCUT2D eigenvalue weighted by Crippen LogP contribution is 2.24. The molecule has 0 atom stereocenters. The third-order valence-electron chi connectivity index (χ3n) is 2.95. The molecule has 2 aromatic carbocycles. The molecule has 0 fully saturated rings. The van der Waals surface area contributed by atoms with Crippen molar-refractivity contribution in [1.29, 1.82) is 0 Å². The van der Waals surface area contributed by atoms with Gasteiger partial charge in [-0.1, -0.05) is 43.5 Å². The van der Waals surface area contributed by atoms with Gasteiger partial charge in [0.25, 0.3) is 0 Å². The lowest BCUT2D eigenvalue weighted by molar-refractivity contribution is 0.101.